The molecule has 2 fully saturated rings. The van der Waals surface area contributed by atoms with E-state index in [1.807, 2.05) is 0 Å². The van der Waals surface area contributed by atoms with Gasteiger partial charge in [-0.05, 0) is 45.2 Å². The highest BCUT2D eigenvalue weighted by molar-refractivity contribution is 5.91. The van der Waals surface area contributed by atoms with Gasteiger partial charge in [0.15, 0.2) is 5.78 Å². The summed E-state index contributed by atoms with van der Waals surface area (Å²) in [5.74, 6) is 0.110. The predicted molar refractivity (Wildman–Crippen MR) is 77.2 cm³/mol. The van der Waals surface area contributed by atoms with E-state index in [2.05, 4.69) is 11.8 Å². The van der Waals surface area contributed by atoms with Gasteiger partial charge in [-0.15, -0.1) is 0 Å². The highest BCUT2D eigenvalue weighted by Gasteiger charge is 2.41. The van der Waals surface area contributed by atoms with Crippen molar-refractivity contribution in [2.45, 2.75) is 82.8 Å². The Morgan fingerprint density at radius 3 is 2.11 bits per heavy atom. The molecule has 1 saturated carbocycles. The standard InChI is InChI=1S/C16H29NO2/c1-2-14(17-12-8-5-9-13-17)15(18)16(19)10-6-3-4-7-11-16/h14,19H,2-13H2,1H3. The van der Waals surface area contributed by atoms with E-state index in [0.29, 0.717) is 12.8 Å². The number of piperidine rings is 1. The van der Waals surface area contributed by atoms with E-state index in [9.17, 15) is 9.90 Å². The minimum Gasteiger partial charge on any atom is -0.382 e. The summed E-state index contributed by atoms with van der Waals surface area (Å²) < 4.78 is 0. The molecule has 1 heterocycles. The number of aliphatic hydroxyl groups is 1. The molecule has 19 heavy (non-hydrogen) atoms. The largest absolute Gasteiger partial charge is 0.382 e. The summed E-state index contributed by atoms with van der Waals surface area (Å²) in [5.41, 5.74) is -1.03. The van der Waals surface area contributed by atoms with Gasteiger partial charge in [0.05, 0.1) is 6.04 Å². The lowest BCUT2D eigenvalue weighted by Crippen LogP contribution is -2.53. The first-order valence-corrected chi connectivity index (χ1v) is 8.18. The molecule has 0 bridgehead atoms. The van der Waals surface area contributed by atoms with Crippen LogP contribution >= 0.6 is 0 Å². The second-order valence-electron chi connectivity index (χ2n) is 6.33. The third-order valence-electron chi connectivity index (χ3n) is 4.91. The Labute approximate surface area is 117 Å². The monoisotopic (exact) mass is 267 g/mol. The summed E-state index contributed by atoms with van der Waals surface area (Å²) in [6, 6.07) is -0.0524. The van der Waals surface area contributed by atoms with E-state index in [0.717, 1.165) is 45.2 Å². The van der Waals surface area contributed by atoms with Crippen molar-refractivity contribution in [1.82, 2.24) is 4.90 Å². The van der Waals surface area contributed by atoms with Crippen molar-refractivity contribution >= 4 is 5.78 Å². The molecule has 1 aliphatic heterocycles. The molecular weight excluding hydrogens is 238 g/mol. The van der Waals surface area contributed by atoms with Gasteiger partial charge in [0.25, 0.3) is 0 Å². The van der Waals surface area contributed by atoms with Gasteiger partial charge in [-0.2, -0.15) is 0 Å². The molecule has 110 valence electrons. The van der Waals surface area contributed by atoms with Crippen LogP contribution < -0.4 is 0 Å². The van der Waals surface area contributed by atoms with E-state index >= 15 is 0 Å². The van der Waals surface area contributed by atoms with E-state index in [1.165, 1.54) is 19.3 Å². The number of hydrogen-bond donors (Lipinski definition) is 1. The lowest BCUT2D eigenvalue weighted by Gasteiger charge is -2.37. The number of carbonyl (C=O) groups excluding carboxylic acids is 1. The molecule has 0 aromatic rings. The average molecular weight is 267 g/mol. The number of Topliss-reactive ketones (excluding diaryl/α,β-unsaturated/α-hetero) is 1. The van der Waals surface area contributed by atoms with Crippen LogP contribution in [0.1, 0.15) is 71.1 Å². The minimum absolute atomic E-state index is 0.0524. The lowest BCUT2D eigenvalue weighted by molar-refractivity contribution is -0.145. The molecule has 1 unspecified atom stereocenters. The third kappa shape index (κ3) is 3.57. The van der Waals surface area contributed by atoms with Crippen LogP contribution in [-0.2, 0) is 4.79 Å². The van der Waals surface area contributed by atoms with Crippen LogP contribution in [0, 0.1) is 0 Å². The molecule has 0 radical (unpaired) electrons. The number of likely N-dealkylation sites (tertiary alicyclic amines) is 1. The number of carbonyl (C=O) groups is 1. The van der Waals surface area contributed by atoms with Crippen molar-refractivity contribution in [2.75, 3.05) is 13.1 Å². The second-order valence-corrected chi connectivity index (χ2v) is 6.33. The molecule has 0 aromatic carbocycles. The fourth-order valence-corrected chi connectivity index (χ4v) is 3.71. The van der Waals surface area contributed by atoms with Crippen molar-refractivity contribution < 1.29 is 9.90 Å². The number of nitrogens with zero attached hydrogens (tertiary/aromatic N) is 1. The van der Waals surface area contributed by atoms with E-state index in [-0.39, 0.29) is 11.8 Å². The van der Waals surface area contributed by atoms with Crippen molar-refractivity contribution in [3.05, 3.63) is 0 Å². The summed E-state index contributed by atoms with van der Waals surface area (Å²) >= 11 is 0. The van der Waals surface area contributed by atoms with Crippen LogP contribution in [0.5, 0.6) is 0 Å². The molecule has 1 atom stereocenters. The Morgan fingerprint density at radius 2 is 1.58 bits per heavy atom. The Bertz CT molecular complexity index is 289. The van der Waals surface area contributed by atoms with Gasteiger partial charge in [0, 0.05) is 0 Å². The topological polar surface area (TPSA) is 40.5 Å². The van der Waals surface area contributed by atoms with Gasteiger partial charge in [-0.1, -0.05) is 39.0 Å². The number of ketones is 1. The Hall–Kier alpha value is -0.410. The first-order chi connectivity index (χ1) is 9.17. The summed E-state index contributed by atoms with van der Waals surface area (Å²) in [6.45, 7) is 4.14. The van der Waals surface area contributed by atoms with Gasteiger partial charge in [-0.25, -0.2) is 0 Å². The normalized spacial score (nSPS) is 26.6. The third-order valence-corrected chi connectivity index (χ3v) is 4.91. The fourth-order valence-electron chi connectivity index (χ4n) is 3.71. The fraction of sp³-hybridized carbons (Fsp3) is 0.938. The molecule has 1 N–H and O–H groups in total. The van der Waals surface area contributed by atoms with Crippen molar-refractivity contribution in [1.29, 1.82) is 0 Å². The lowest BCUT2D eigenvalue weighted by atomic mass is 9.84. The molecule has 3 heteroatoms. The van der Waals surface area contributed by atoms with Gasteiger partial charge < -0.3 is 5.11 Å². The highest BCUT2D eigenvalue weighted by Crippen LogP contribution is 2.31. The Morgan fingerprint density at radius 1 is 1.05 bits per heavy atom. The van der Waals surface area contributed by atoms with Crippen molar-refractivity contribution in [2.24, 2.45) is 0 Å². The Balaban J connectivity index is 2.05. The highest BCUT2D eigenvalue weighted by atomic mass is 16.3. The summed E-state index contributed by atoms with van der Waals surface area (Å²) in [7, 11) is 0. The molecule has 0 amide bonds. The zero-order valence-electron chi connectivity index (χ0n) is 12.4. The quantitative estimate of drug-likeness (QED) is 0.796. The Kier molecular flexibility index (Phi) is 5.40. The first kappa shape index (κ1) is 15.0. The number of rotatable bonds is 4. The van der Waals surface area contributed by atoms with Gasteiger partial charge in [-0.3, -0.25) is 9.69 Å². The van der Waals surface area contributed by atoms with Gasteiger partial charge in [0.2, 0.25) is 0 Å². The molecular formula is C16H29NO2. The number of hydrogen-bond acceptors (Lipinski definition) is 3. The second kappa shape index (κ2) is 6.85. The van der Waals surface area contributed by atoms with E-state index < -0.39 is 5.60 Å². The van der Waals surface area contributed by atoms with Crippen molar-refractivity contribution in [3.8, 4) is 0 Å². The average Bonchev–Trinajstić information content (AvgIpc) is 2.66. The molecule has 3 nitrogen and oxygen atoms in total. The van der Waals surface area contributed by atoms with Crippen molar-refractivity contribution in [3.63, 3.8) is 0 Å². The van der Waals surface area contributed by atoms with Gasteiger partial charge >= 0.3 is 0 Å². The van der Waals surface area contributed by atoms with Crippen LogP contribution in [-0.4, -0.2) is 40.5 Å². The van der Waals surface area contributed by atoms with Crippen LogP contribution in [0.15, 0.2) is 0 Å². The zero-order valence-corrected chi connectivity index (χ0v) is 12.4. The maximum Gasteiger partial charge on any atom is 0.181 e. The smallest absolute Gasteiger partial charge is 0.181 e. The summed E-state index contributed by atoms with van der Waals surface area (Å²) in [6.07, 6.45) is 10.2. The predicted octanol–water partition coefficient (Wildman–Crippen LogP) is 2.91. The molecule has 0 aromatic heterocycles. The van der Waals surface area contributed by atoms with E-state index in [1.54, 1.807) is 0 Å². The SMILES string of the molecule is CCC(C(=O)C1(O)CCCCCC1)N1CCCCC1. The maximum atomic E-state index is 12.8. The molecule has 1 aliphatic carbocycles. The minimum atomic E-state index is -1.03. The van der Waals surface area contributed by atoms with Gasteiger partial charge in [0.1, 0.15) is 5.60 Å². The van der Waals surface area contributed by atoms with Crippen LogP contribution in [0.2, 0.25) is 0 Å². The first-order valence-electron chi connectivity index (χ1n) is 8.18. The zero-order chi connectivity index (χ0) is 13.7. The summed E-state index contributed by atoms with van der Waals surface area (Å²) in [5, 5.41) is 10.8. The van der Waals surface area contributed by atoms with Crippen LogP contribution in [0.4, 0.5) is 0 Å². The molecule has 1 saturated heterocycles. The summed E-state index contributed by atoms with van der Waals surface area (Å²) in [4.78, 5) is 15.1. The van der Waals surface area contributed by atoms with E-state index in [4.69, 9.17) is 0 Å². The maximum absolute atomic E-state index is 12.8. The molecule has 2 rings (SSSR count). The molecule has 0 spiro atoms. The molecule has 2 aliphatic rings. The van der Waals surface area contributed by atoms with Crippen LogP contribution in [0.25, 0.3) is 0 Å². The van der Waals surface area contributed by atoms with Crippen LogP contribution in [0.3, 0.4) is 0 Å².